The molecule has 0 bridgehead atoms. The van der Waals surface area contributed by atoms with Crippen molar-refractivity contribution in [1.29, 1.82) is 0 Å². The Morgan fingerprint density at radius 1 is 1.10 bits per heavy atom. The third kappa shape index (κ3) is 3.16. The maximum Gasteiger partial charge on any atom is 0.185 e. The minimum absolute atomic E-state index is 0.373. The van der Waals surface area contributed by atoms with E-state index in [0.717, 1.165) is 12.1 Å². The number of anilines is 1. The Labute approximate surface area is 123 Å². The van der Waals surface area contributed by atoms with Crippen LogP contribution in [0.1, 0.15) is 5.56 Å². The molecule has 2 rings (SSSR count). The second-order valence-corrected chi connectivity index (χ2v) is 7.00. The summed E-state index contributed by atoms with van der Waals surface area (Å²) in [4.78, 5) is -0.654. The van der Waals surface area contributed by atoms with E-state index < -0.39 is 32.1 Å². The summed E-state index contributed by atoms with van der Waals surface area (Å²) in [6, 6.07) is 6.95. The van der Waals surface area contributed by atoms with E-state index in [4.69, 9.17) is 5.73 Å². The van der Waals surface area contributed by atoms with Gasteiger partial charge in [-0.2, -0.15) is 0 Å². The third-order valence-corrected chi connectivity index (χ3v) is 5.06. The zero-order valence-corrected chi connectivity index (χ0v) is 12.5. The van der Waals surface area contributed by atoms with Crippen LogP contribution in [0.2, 0.25) is 0 Å². The number of sulfone groups is 1. The van der Waals surface area contributed by atoms with Crippen LogP contribution in [0.5, 0.6) is 0 Å². The summed E-state index contributed by atoms with van der Waals surface area (Å²) in [5.41, 5.74) is 6.43. The first-order chi connectivity index (χ1) is 9.29. The molecule has 0 radical (unpaired) electrons. The van der Waals surface area contributed by atoms with Gasteiger partial charge < -0.3 is 5.73 Å². The van der Waals surface area contributed by atoms with Crippen LogP contribution in [0.3, 0.4) is 0 Å². The normalized spacial score (nSPS) is 11.6. The lowest BCUT2D eigenvalue weighted by Gasteiger charge is -2.07. The molecule has 7 heteroatoms. The number of hydrogen-bond donors (Lipinski definition) is 1. The van der Waals surface area contributed by atoms with E-state index in [1.54, 1.807) is 12.1 Å². The van der Waals surface area contributed by atoms with Crippen molar-refractivity contribution in [3.05, 3.63) is 58.1 Å². The van der Waals surface area contributed by atoms with E-state index in [-0.39, 0.29) is 0 Å². The van der Waals surface area contributed by atoms with Gasteiger partial charge in [0.2, 0.25) is 0 Å². The van der Waals surface area contributed by atoms with Gasteiger partial charge >= 0.3 is 0 Å². The number of hydrogen-bond acceptors (Lipinski definition) is 3. The van der Waals surface area contributed by atoms with Crippen molar-refractivity contribution >= 4 is 31.5 Å². The van der Waals surface area contributed by atoms with Crippen molar-refractivity contribution in [2.75, 3.05) is 5.73 Å². The summed E-state index contributed by atoms with van der Waals surface area (Å²) in [6.45, 7) is 0. The minimum atomic E-state index is -3.98. The second-order valence-electron chi connectivity index (χ2n) is 4.19. The van der Waals surface area contributed by atoms with E-state index in [9.17, 15) is 17.2 Å². The van der Waals surface area contributed by atoms with E-state index >= 15 is 0 Å². The molecule has 0 spiro atoms. The van der Waals surface area contributed by atoms with Gasteiger partial charge in [-0.3, -0.25) is 0 Å². The van der Waals surface area contributed by atoms with Crippen molar-refractivity contribution in [2.24, 2.45) is 0 Å². The van der Waals surface area contributed by atoms with Crippen molar-refractivity contribution in [2.45, 2.75) is 10.6 Å². The first kappa shape index (κ1) is 14.9. The van der Waals surface area contributed by atoms with Crippen LogP contribution in [-0.2, 0) is 15.6 Å². The second kappa shape index (κ2) is 5.49. The van der Waals surface area contributed by atoms with Crippen LogP contribution in [-0.4, -0.2) is 8.42 Å². The molecule has 20 heavy (non-hydrogen) atoms. The summed E-state index contributed by atoms with van der Waals surface area (Å²) >= 11 is 3.19. The van der Waals surface area contributed by atoms with E-state index in [1.807, 2.05) is 0 Å². The summed E-state index contributed by atoms with van der Waals surface area (Å²) in [6.07, 6.45) is 0. The SMILES string of the molecule is Nc1cc(CS(=O)(=O)c2cc(F)ccc2F)ccc1Br. The standard InChI is InChI=1S/C13H10BrF2NO2S/c14-10-3-1-8(5-12(10)17)7-20(18,19)13-6-9(15)2-4-11(13)16/h1-6H,7,17H2. The van der Waals surface area contributed by atoms with Gasteiger partial charge in [-0.25, -0.2) is 17.2 Å². The fraction of sp³-hybridized carbons (Fsp3) is 0.0769. The highest BCUT2D eigenvalue weighted by Gasteiger charge is 2.21. The quantitative estimate of drug-likeness (QED) is 0.853. The first-order valence-electron chi connectivity index (χ1n) is 5.51. The zero-order chi connectivity index (χ0) is 14.9. The van der Waals surface area contributed by atoms with Crippen LogP contribution in [0.25, 0.3) is 0 Å². The molecular weight excluding hydrogens is 352 g/mol. The number of halogens is 3. The summed E-state index contributed by atoms with van der Waals surface area (Å²) in [7, 11) is -3.98. The van der Waals surface area contributed by atoms with Gasteiger partial charge in [0.15, 0.2) is 9.84 Å². The first-order valence-corrected chi connectivity index (χ1v) is 7.96. The predicted molar refractivity (Wildman–Crippen MR) is 75.8 cm³/mol. The molecule has 0 heterocycles. The van der Waals surface area contributed by atoms with Gasteiger partial charge in [-0.15, -0.1) is 0 Å². The topological polar surface area (TPSA) is 60.2 Å². The molecule has 2 aromatic carbocycles. The zero-order valence-electron chi connectivity index (χ0n) is 10.1. The Kier molecular flexibility index (Phi) is 4.10. The van der Waals surface area contributed by atoms with Gasteiger partial charge in [0, 0.05) is 10.2 Å². The largest absolute Gasteiger partial charge is 0.398 e. The summed E-state index contributed by atoms with van der Waals surface area (Å²) in [5, 5.41) is 0. The van der Waals surface area contributed by atoms with Crippen LogP contribution >= 0.6 is 15.9 Å². The molecule has 106 valence electrons. The van der Waals surface area contributed by atoms with Crippen molar-refractivity contribution in [1.82, 2.24) is 0 Å². The summed E-state index contributed by atoms with van der Waals surface area (Å²) < 4.78 is 51.5. The Morgan fingerprint density at radius 2 is 1.80 bits per heavy atom. The lowest BCUT2D eigenvalue weighted by molar-refractivity contribution is 0.553. The monoisotopic (exact) mass is 361 g/mol. The molecule has 0 aromatic heterocycles. The summed E-state index contributed by atoms with van der Waals surface area (Å²) in [5.74, 6) is -2.23. The molecule has 0 atom stereocenters. The maximum absolute atomic E-state index is 13.5. The molecule has 0 aliphatic carbocycles. The van der Waals surface area contributed by atoms with Crippen LogP contribution in [0.15, 0.2) is 45.8 Å². The molecule has 0 saturated heterocycles. The highest BCUT2D eigenvalue weighted by atomic mass is 79.9. The van der Waals surface area contributed by atoms with Gasteiger partial charge in [0.25, 0.3) is 0 Å². The highest BCUT2D eigenvalue weighted by molar-refractivity contribution is 9.10. The van der Waals surface area contributed by atoms with E-state index in [2.05, 4.69) is 15.9 Å². The van der Waals surface area contributed by atoms with Crippen molar-refractivity contribution in [3.63, 3.8) is 0 Å². The molecule has 0 fully saturated rings. The van der Waals surface area contributed by atoms with Crippen LogP contribution < -0.4 is 5.73 Å². The number of nitrogens with two attached hydrogens (primary N) is 1. The van der Waals surface area contributed by atoms with Crippen LogP contribution in [0.4, 0.5) is 14.5 Å². The van der Waals surface area contributed by atoms with Gasteiger partial charge in [0.1, 0.15) is 16.5 Å². The average molecular weight is 362 g/mol. The Hall–Kier alpha value is -1.47. The molecule has 0 unspecified atom stereocenters. The molecule has 0 aliphatic rings. The van der Waals surface area contributed by atoms with Gasteiger partial charge in [-0.1, -0.05) is 6.07 Å². The van der Waals surface area contributed by atoms with Crippen molar-refractivity contribution in [3.8, 4) is 0 Å². The third-order valence-electron chi connectivity index (χ3n) is 2.65. The Bertz CT molecular complexity index is 763. The molecule has 0 saturated carbocycles. The molecule has 0 aliphatic heterocycles. The molecule has 2 N–H and O–H groups in total. The maximum atomic E-state index is 13.5. The lowest BCUT2D eigenvalue weighted by Crippen LogP contribution is -2.08. The molecule has 0 amide bonds. The predicted octanol–water partition coefficient (Wildman–Crippen LogP) is 3.28. The van der Waals surface area contributed by atoms with E-state index in [1.165, 1.54) is 6.07 Å². The fourth-order valence-electron chi connectivity index (χ4n) is 1.70. The molecule has 3 nitrogen and oxygen atoms in total. The van der Waals surface area contributed by atoms with E-state index in [0.29, 0.717) is 21.8 Å². The lowest BCUT2D eigenvalue weighted by atomic mass is 10.2. The highest BCUT2D eigenvalue weighted by Crippen LogP contribution is 2.24. The minimum Gasteiger partial charge on any atom is -0.398 e. The molecular formula is C13H10BrF2NO2S. The van der Waals surface area contributed by atoms with Gasteiger partial charge in [-0.05, 0) is 51.8 Å². The number of nitrogen functional groups attached to an aromatic ring is 1. The average Bonchev–Trinajstić information content (AvgIpc) is 2.36. The fourth-order valence-corrected chi connectivity index (χ4v) is 3.37. The van der Waals surface area contributed by atoms with Crippen LogP contribution in [0, 0.1) is 11.6 Å². The van der Waals surface area contributed by atoms with Gasteiger partial charge in [0.05, 0.1) is 5.75 Å². The smallest absolute Gasteiger partial charge is 0.185 e. The Morgan fingerprint density at radius 3 is 2.45 bits per heavy atom. The molecule has 2 aromatic rings. The number of rotatable bonds is 3. The van der Waals surface area contributed by atoms with Crippen molar-refractivity contribution < 1.29 is 17.2 Å². The number of benzene rings is 2. The Balaban J connectivity index is 2.40.